The highest BCUT2D eigenvalue weighted by Gasteiger charge is 2.16. The predicted molar refractivity (Wildman–Crippen MR) is 114 cm³/mol. The van der Waals surface area contributed by atoms with Gasteiger partial charge in [-0.2, -0.15) is 0 Å². The zero-order valence-electron chi connectivity index (χ0n) is 16.9. The molecule has 1 N–H and O–H groups in total. The quantitative estimate of drug-likeness (QED) is 0.619. The Labute approximate surface area is 175 Å². The van der Waals surface area contributed by atoms with Crippen molar-refractivity contribution in [3.8, 4) is 11.1 Å². The third-order valence-corrected chi connectivity index (χ3v) is 4.23. The predicted octanol–water partition coefficient (Wildman–Crippen LogP) is 5.44. The molecule has 0 aliphatic heterocycles. The van der Waals surface area contributed by atoms with Gasteiger partial charge in [-0.25, -0.2) is 9.78 Å². The first-order valence-corrected chi connectivity index (χ1v) is 9.60. The van der Waals surface area contributed by atoms with Crippen LogP contribution < -0.4 is 5.32 Å². The van der Waals surface area contributed by atoms with Crippen LogP contribution >= 0.6 is 11.6 Å². The maximum Gasteiger partial charge on any atom is 0.413 e. The van der Waals surface area contributed by atoms with Crippen LogP contribution in [0.3, 0.4) is 0 Å². The number of nitrogens with zero attached hydrogens (tertiary/aromatic N) is 3. The minimum absolute atomic E-state index is 0.338. The molecule has 0 aliphatic carbocycles. The Hall–Kier alpha value is -2.99. The molecule has 0 radical (unpaired) electrons. The summed E-state index contributed by atoms with van der Waals surface area (Å²) < 4.78 is 5.21. The molecule has 0 fully saturated rings. The molecule has 1 aromatic carbocycles. The monoisotopic (exact) mass is 410 g/mol. The van der Waals surface area contributed by atoms with Crippen LogP contribution in [-0.2, 0) is 11.2 Å². The highest BCUT2D eigenvalue weighted by molar-refractivity contribution is 6.30. The Kier molecular flexibility index (Phi) is 6.13. The van der Waals surface area contributed by atoms with E-state index < -0.39 is 11.7 Å². The molecule has 2 heterocycles. The van der Waals surface area contributed by atoms with Crippen molar-refractivity contribution in [2.24, 2.45) is 0 Å². The Bertz CT molecular complexity index is 1010. The second-order valence-electron chi connectivity index (χ2n) is 7.68. The fraction of sp³-hybridized carbons (Fsp3) is 0.273. The van der Waals surface area contributed by atoms with Crippen molar-refractivity contribution in [1.29, 1.82) is 0 Å². The van der Waals surface area contributed by atoms with E-state index in [-0.39, 0.29) is 0 Å². The maximum absolute atomic E-state index is 11.8. The van der Waals surface area contributed by atoms with Crippen LogP contribution in [0.15, 0.2) is 48.9 Å². The third kappa shape index (κ3) is 5.99. The summed E-state index contributed by atoms with van der Waals surface area (Å²) in [4.78, 5) is 24.9. The molecule has 0 unspecified atom stereocenters. The number of nitrogens with one attached hydrogen (secondary N) is 1. The van der Waals surface area contributed by atoms with Crippen molar-refractivity contribution in [3.05, 3.63) is 70.9 Å². The van der Waals surface area contributed by atoms with Crippen molar-refractivity contribution in [1.82, 2.24) is 15.0 Å². The summed E-state index contributed by atoms with van der Waals surface area (Å²) in [6.45, 7) is 7.37. The zero-order chi connectivity index (χ0) is 21.0. The Balaban J connectivity index is 1.72. The molecule has 3 aromatic rings. The van der Waals surface area contributed by atoms with Crippen LogP contribution in [0.1, 0.15) is 37.7 Å². The zero-order valence-corrected chi connectivity index (χ0v) is 17.6. The van der Waals surface area contributed by atoms with Gasteiger partial charge in [0, 0.05) is 28.9 Å². The summed E-state index contributed by atoms with van der Waals surface area (Å²) in [7, 11) is 0. The standard InChI is InChI=1S/C22H23ClN4O2/c1-14-19(16-6-5-7-17(23)10-16)9-15(11-24-14)8-18-12-26-20(13-25-18)27-21(28)29-22(2,3)4/h5-7,9-13H,8H2,1-4H3,(H,26,27,28). The van der Waals surface area contributed by atoms with Crippen molar-refractivity contribution < 1.29 is 9.53 Å². The summed E-state index contributed by atoms with van der Waals surface area (Å²) in [5.41, 5.74) is 4.18. The van der Waals surface area contributed by atoms with Gasteiger partial charge < -0.3 is 4.74 Å². The lowest BCUT2D eigenvalue weighted by Gasteiger charge is -2.19. The normalized spacial score (nSPS) is 11.2. The number of rotatable bonds is 4. The fourth-order valence-corrected chi connectivity index (χ4v) is 2.94. The molecule has 29 heavy (non-hydrogen) atoms. The smallest absolute Gasteiger partial charge is 0.413 e. The number of carbonyl (C=O) groups excluding carboxylic acids is 1. The lowest BCUT2D eigenvalue weighted by atomic mass is 10.0. The van der Waals surface area contributed by atoms with E-state index >= 15 is 0 Å². The van der Waals surface area contributed by atoms with Gasteiger partial charge in [0.1, 0.15) is 5.60 Å². The number of aryl methyl sites for hydroxylation is 1. The molecule has 3 rings (SSSR count). The van der Waals surface area contributed by atoms with Crippen LogP contribution in [0, 0.1) is 6.92 Å². The molecule has 0 spiro atoms. The van der Waals surface area contributed by atoms with Crippen LogP contribution in [0.4, 0.5) is 10.6 Å². The number of pyridine rings is 1. The van der Waals surface area contributed by atoms with E-state index in [1.54, 1.807) is 27.0 Å². The van der Waals surface area contributed by atoms with E-state index in [2.05, 4.69) is 26.3 Å². The largest absolute Gasteiger partial charge is 0.444 e. The van der Waals surface area contributed by atoms with Crippen molar-refractivity contribution >= 4 is 23.5 Å². The number of benzene rings is 1. The molecule has 0 atom stereocenters. The highest BCUT2D eigenvalue weighted by Crippen LogP contribution is 2.26. The summed E-state index contributed by atoms with van der Waals surface area (Å²) in [5, 5.41) is 3.26. The van der Waals surface area contributed by atoms with Gasteiger partial charge in [0.2, 0.25) is 0 Å². The number of ether oxygens (including phenoxy) is 1. The van der Waals surface area contributed by atoms with Crippen molar-refractivity contribution in [2.45, 2.75) is 39.7 Å². The first-order chi connectivity index (χ1) is 13.7. The van der Waals surface area contributed by atoms with Crippen LogP contribution in [-0.4, -0.2) is 26.6 Å². The molecule has 0 saturated heterocycles. The van der Waals surface area contributed by atoms with Gasteiger partial charge in [-0.05, 0) is 57.0 Å². The first kappa shape index (κ1) is 20.7. The van der Waals surface area contributed by atoms with Crippen molar-refractivity contribution in [3.63, 3.8) is 0 Å². The maximum atomic E-state index is 11.8. The molecule has 0 aliphatic rings. The minimum atomic E-state index is -0.573. The van der Waals surface area contributed by atoms with Gasteiger partial charge in [0.25, 0.3) is 0 Å². The Morgan fingerprint density at radius 1 is 1.10 bits per heavy atom. The van der Waals surface area contributed by atoms with Crippen LogP contribution in [0.5, 0.6) is 0 Å². The number of hydrogen-bond donors (Lipinski definition) is 1. The van der Waals surface area contributed by atoms with Gasteiger partial charge in [0.15, 0.2) is 5.82 Å². The van der Waals surface area contributed by atoms with Gasteiger partial charge in [-0.15, -0.1) is 0 Å². The molecule has 0 bridgehead atoms. The number of carbonyl (C=O) groups is 1. The second-order valence-corrected chi connectivity index (χ2v) is 8.12. The molecule has 150 valence electrons. The molecular weight excluding hydrogens is 388 g/mol. The number of amides is 1. The molecule has 1 amide bonds. The van der Waals surface area contributed by atoms with Crippen LogP contribution in [0.25, 0.3) is 11.1 Å². The van der Waals surface area contributed by atoms with Gasteiger partial charge >= 0.3 is 6.09 Å². The number of anilines is 1. The van der Waals surface area contributed by atoms with E-state index in [0.29, 0.717) is 17.3 Å². The van der Waals surface area contributed by atoms with E-state index in [4.69, 9.17) is 16.3 Å². The van der Waals surface area contributed by atoms with Crippen molar-refractivity contribution in [2.75, 3.05) is 5.32 Å². The minimum Gasteiger partial charge on any atom is -0.444 e. The molecular formula is C22H23ClN4O2. The van der Waals surface area contributed by atoms with E-state index in [1.807, 2.05) is 37.4 Å². The van der Waals surface area contributed by atoms with Gasteiger partial charge in [-0.1, -0.05) is 23.7 Å². The number of halogens is 1. The number of hydrogen-bond acceptors (Lipinski definition) is 5. The molecule has 2 aromatic heterocycles. The Morgan fingerprint density at radius 3 is 2.55 bits per heavy atom. The lowest BCUT2D eigenvalue weighted by Crippen LogP contribution is -2.27. The summed E-state index contributed by atoms with van der Waals surface area (Å²) in [6, 6.07) is 9.79. The molecule has 7 heteroatoms. The lowest BCUT2D eigenvalue weighted by molar-refractivity contribution is 0.0635. The SMILES string of the molecule is Cc1ncc(Cc2cnc(NC(=O)OC(C)(C)C)cn2)cc1-c1cccc(Cl)c1. The Morgan fingerprint density at radius 2 is 1.90 bits per heavy atom. The van der Waals surface area contributed by atoms with Gasteiger partial charge in [-0.3, -0.25) is 15.3 Å². The van der Waals surface area contributed by atoms with Crippen LogP contribution in [0.2, 0.25) is 5.02 Å². The van der Waals surface area contributed by atoms with Gasteiger partial charge in [0.05, 0.1) is 18.1 Å². The second kappa shape index (κ2) is 8.57. The molecule has 6 nitrogen and oxygen atoms in total. The third-order valence-electron chi connectivity index (χ3n) is 4.00. The summed E-state index contributed by atoms with van der Waals surface area (Å²) in [6.07, 6.45) is 4.98. The fourth-order valence-electron chi connectivity index (χ4n) is 2.75. The highest BCUT2D eigenvalue weighted by atomic mass is 35.5. The average Bonchev–Trinajstić information content (AvgIpc) is 2.63. The molecule has 0 saturated carbocycles. The number of aromatic nitrogens is 3. The van der Waals surface area contributed by atoms with E-state index in [0.717, 1.165) is 28.1 Å². The average molecular weight is 411 g/mol. The van der Waals surface area contributed by atoms with E-state index in [1.165, 1.54) is 6.20 Å². The first-order valence-electron chi connectivity index (χ1n) is 9.22. The van der Waals surface area contributed by atoms with E-state index in [9.17, 15) is 4.79 Å². The summed E-state index contributed by atoms with van der Waals surface area (Å²) >= 11 is 6.13. The summed E-state index contributed by atoms with van der Waals surface area (Å²) in [5.74, 6) is 0.338. The topological polar surface area (TPSA) is 77.0 Å².